The summed E-state index contributed by atoms with van der Waals surface area (Å²) in [6, 6.07) is 4.29. The fourth-order valence-electron chi connectivity index (χ4n) is 2.66. The number of hydrogen-bond acceptors (Lipinski definition) is 4. The number of guanidine groups is 1. The first-order valence-electron chi connectivity index (χ1n) is 8.46. The van der Waals surface area contributed by atoms with Crippen molar-refractivity contribution in [1.29, 1.82) is 0 Å². The first-order valence-corrected chi connectivity index (χ1v) is 10.1. The van der Waals surface area contributed by atoms with Crippen LogP contribution < -0.4 is 10.6 Å². The van der Waals surface area contributed by atoms with E-state index in [4.69, 9.17) is 4.74 Å². The van der Waals surface area contributed by atoms with Gasteiger partial charge in [-0.25, -0.2) is 4.79 Å². The minimum absolute atomic E-state index is 0. The summed E-state index contributed by atoms with van der Waals surface area (Å²) < 4.78 is 6.48. The number of ether oxygens (including phenoxy) is 1. The number of aliphatic imine (C=N–C) groups is 1. The van der Waals surface area contributed by atoms with E-state index in [0.29, 0.717) is 0 Å². The predicted octanol–water partition coefficient (Wildman–Crippen LogP) is 3.85. The normalized spacial score (nSPS) is 17.7. The molecular weight excluding hydrogens is 531 g/mol. The van der Waals surface area contributed by atoms with Crippen molar-refractivity contribution in [3.8, 4) is 0 Å². The van der Waals surface area contributed by atoms with Crippen LogP contribution in [-0.4, -0.2) is 55.3 Å². The standard InChI is InChI=1S/C17H27BrN4O2S.HI/c1-17(2,3)24-16(23)21-12-8-10-22(11-12)15(19-4)20-9-7-13-5-6-14(18)25-13;/h5-6,12H,7-11H2,1-4H3,(H,19,20)(H,21,23);1H. The molecule has 0 aliphatic carbocycles. The molecule has 1 fully saturated rings. The lowest BCUT2D eigenvalue weighted by Crippen LogP contribution is -2.44. The second-order valence-corrected chi connectivity index (χ2v) is 9.56. The lowest BCUT2D eigenvalue weighted by atomic mass is 10.2. The molecule has 6 nitrogen and oxygen atoms in total. The molecule has 1 unspecified atom stereocenters. The van der Waals surface area contributed by atoms with Crippen LogP contribution in [-0.2, 0) is 11.2 Å². The Balaban J connectivity index is 0.00000338. The average molecular weight is 559 g/mol. The number of nitrogens with zero attached hydrogens (tertiary/aromatic N) is 2. The smallest absolute Gasteiger partial charge is 0.407 e. The summed E-state index contributed by atoms with van der Waals surface area (Å²) in [5.41, 5.74) is -0.475. The Kier molecular flexibility index (Phi) is 9.67. The molecule has 1 amide bonds. The summed E-state index contributed by atoms with van der Waals surface area (Å²) in [7, 11) is 1.79. The lowest BCUT2D eigenvalue weighted by Gasteiger charge is -2.23. The number of halogens is 2. The van der Waals surface area contributed by atoms with Crippen molar-refractivity contribution in [3.63, 3.8) is 0 Å². The van der Waals surface area contributed by atoms with Crippen LogP contribution >= 0.6 is 51.2 Å². The highest BCUT2D eigenvalue weighted by molar-refractivity contribution is 14.0. The molecule has 1 atom stereocenters. The molecule has 9 heteroatoms. The average Bonchev–Trinajstić information content (AvgIpc) is 3.11. The molecule has 148 valence electrons. The number of hydrogen-bond donors (Lipinski definition) is 2. The predicted molar refractivity (Wildman–Crippen MR) is 122 cm³/mol. The number of carbonyl (C=O) groups excluding carboxylic acids is 1. The highest BCUT2D eigenvalue weighted by Crippen LogP contribution is 2.22. The van der Waals surface area contributed by atoms with Crippen molar-refractivity contribution in [2.75, 3.05) is 26.7 Å². The van der Waals surface area contributed by atoms with Crippen LogP contribution in [0.4, 0.5) is 4.79 Å². The van der Waals surface area contributed by atoms with Gasteiger partial charge in [0.2, 0.25) is 0 Å². The Labute approximate surface area is 185 Å². The maximum atomic E-state index is 11.9. The Morgan fingerprint density at radius 1 is 1.46 bits per heavy atom. The number of likely N-dealkylation sites (tertiary alicyclic amines) is 1. The third-order valence-electron chi connectivity index (χ3n) is 3.70. The van der Waals surface area contributed by atoms with Gasteiger partial charge >= 0.3 is 6.09 Å². The van der Waals surface area contributed by atoms with Gasteiger partial charge in [0.25, 0.3) is 0 Å². The van der Waals surface area contributed by atoms with Gasteiger partial charge in [-0.05, 0) is 61.7 Å². The zero-order valence-electron chi connectivity index (χ0n) is 15.7. The molecule has 2 rings (SSSR count). The van der Waals surface area contributed by atoms with Crippen LogP contribution in [0, 0.1) is 0 Å². The molecule has 0 radical (unpaired) electrons. The minimum atomic E-state index is -0.475. The molecule has 26 heavy (non-hydrogen) atoms. The Bertz CT molecular complexity index is 618. The molecule has 0 saturated carbocycles. The van der Waals surface area contributed by atoms with Crippen molar-refractivity contribution in [2.45, 2.75) is 45.3 Å². The van der Waals surface area contributed by atoms with Crippen molar-refractivity contribution in [3.05, 3.63) is 20.8 Å². The highest BCUT2D eigenvalue weighted by atomic mass is 127. The van der Waals surface area contributed by atoms with Crippen molar-refractivity contribution in [2.24, 2.45) is 4.99 Å². The zero-order chi connectivity index (χ0) is 18.4. The van der Waals surface area contributed by atoms with Gasteiger partial charge < -0.3 is 20.3 Å². The van der Waals surface area contributed by atoms with Crippen LogP contribution in [0.15, 0.2) is 20.9 Å². The van der Waals surface area contributed by atoms with E-state index in [2.05, 4.69) is 48.6 Å². The molecule has 1 saturated heterocycles. The van der Waals surface area contributed by atoms with Crippen LogP contribution in [0.25, 0.3) is 0 Å². The van der Waals surface area contributed by atoms with E-state index in [0.717, 1.165) is 42.2 Å². The van der Waals surface area contributed by atoms with E-state index in [1.165, 1.54) is 4.88 Å². The quantitative estimate of drug-likeness (QED) is 0.335. The van der Waals surface area contributed by atoms with Gasteiger partial charge in [0.1, 0.15) is 5.60 Å². The second kappa shape index (κ2) is 10.7. The van der Waals surface area contributed by atoms with Gasteiger partial charge in [-0.2, -0.15) is 0 Å². The van der Waals surface area contributed by atoms with Crippen LogP contribution in [0.5, 0.6) is 0 Å². The number of rotatable bonds is 4. The molecule has 0 bridgehead atoms. The fourth-order valence-corrected chi connectivity index (χ4v) is 4.14. The van der Waals surface area contributed by atoms with Crippen molar-refractivity contribution >= 4 is 63.3 Å². The fraction of sp³-hybridized carbons (Fsp3) is 0.647. The van der Waals surface area contributed by atoms with Crippen molar-refractivity contribution < 1.29 is 9.53 Å². The SMILES string of the molecule is CN=C(NCCc1ccc(Br)s1)N1CCC(NC(=O)OC(C)(C)C)C1.I. The monoisotopic (exact) mass is 558 g/mol. The number of nitrogens with one attached hydrogen (secondary N) is 2. The van der Waals surface area contributed by atoms with Gasteiger partial charge in [-0.15, -0.1) is 35.3 Å². The topological polar surface area (TPSA) is 66.0 Å². The van der Waals surface area contributed by atoms with Gasteiger partial charge in [0.05, 0.1) is 9.83 Å². The lowest BCUT2D eigenvalue weighted by molar-refractivity contribution is 0.0507. The Morgan fingerprint density at radius 2 is 2.19 bits per heavy atom. The molecule has 0 aromatic carbocycles. The summed E-state index contributed by atoms with van der Waals surface area (Å²) >= 11 is 5.24. The van der Waals surface area contributed by atoms with Gasteiger partial charge in [0, 0.05) is 31.6 Å². The van der Waals surface area contributed by atoms with E-state index >= 15 is 0 Å². The maximum Gasteiger partial charge on any atom is 0.407 e. The molecule has 2 N–H and O–H groups in total. The molecule has 1 aromatic heterocycles. The zero-order valence-corrected chi connectivity index (χ0v) is 20.4. The molecular formula is C17H28BrIN4O2S. The molecule has 1 aromatic rings. The third-order valence-corrected chi connectivity index (χ3v) is 5.39. The minimum Gasteiger partial charge on any atom is -0.444 e. The van der Waals surface area contributed by atoms with Crippen LogP contribution in [0.1, 0.15) is 32.1 Å². The van der Waals surface area contributed by atoms with Gasteiger partial charge in [-0.1, -0.05) is 0 Å². The molecule has 0 spiro atoms. The third kappa shape index (κ3) is 7.99. The number of carbonyl (C=O) groups is 1. The Morgan fingerprint density at radius 3 is 2.77 bits per heavy atom. The van der Waals surface area contributed by atoms with E-state index in [1.54, 1.807) is 18.4 Å². The molecule has 2 heterocycles. The summed E-state index contributed by atoms with van der Waals surface area (Å²) in [5, 5.41) is 6.34. The van der Waals surface area contributed by atoms with Crippen LogP contribution in [0.3, 0.4) is 0 Å². The molecule has 1 aliphatic rings. The van der Waals surface area contributed by atoms with Crippen molar-refractivity contribution in [1.82, 2.24) is 15.5 Å². The van der Waals surface area contributed by atoms with Gasteiger partial charge in [-0.3, -0.25) is 4.99 Å². The number of amides is 1. The number of alkyl carbamates (subject to hydrolysis) is 1. The Hall–Kier alpha value is -0.550. The highest BCUT2D eigenvalue weighted by Gasteiger charge is 2.27. The molecule has 1 aliphatic heterocycles. The maximum absolute atomic E-state index is 11.9. The van der Waals surface area contributed by atoms with E-state index in [9.17, 15) is 4.79 Å². The summed E-state index contributed by atoms with van der Waals surface area (Å²) in [4.78, 5) is 19.8. The first kappa shape index (κ1) is 23.5. The summed E-state index contributed by atoms with van der Waals surface area (Å²) in [6.07, 6.45) is 1.49. The number of thiophene rings is 1. The largest absolute Gasteiger partial charge is 0.444 e. The van der Waals surface area contributed by atoms with E-state index in [1.807, 2.05) is 20.8 Å². The summed E-state index contributed by atoms with van der Waals surface area (Å²) in [5.74, 6) is 0.879. The summed E-state index contributed by atoms with van der Waals surface area (Å²) in [6.45, 7) is 8.04. The van der Waals surface area contributed by atoms with Gasteiger partial charge in [0.15, 0.2) is 5.96 Å². The van der Waals surface area contributed by atoms with E-state index < -0.39 is 5.60 Å². The first-order chi connectivity index (χ1) is 11.8. The second-order valence-electron chi connectivity index (χ2n) is 7.01. The van der Waals surface area contributed by atoms with Crippen LogP contribution in [0.2, 0.25) is 0 Å². The van der Waals surface area contributed by atoms with E-state index in [-0.39, 0.29) is 36.1 Å².